The van der Waals surface area contributed by atoms with Crippen molar-refractivity contribution >= 4 is 0 Å². The van der Waals surface area contributed by atoms with Crippen molar-refractivity contribution in [1.82, 2.24) is 0 Å². The number of hydrogen-bond donors (Lipinski definition) is 0. The van der Waals surface area contributed by atoms with E-state index >= 15 is 0 Å². The van der Waals surface area contributed by atoms with E-state index in [-0.39, 0.29) is 11.2 Å². The van der Waals surface area contributed by atoms with E-state index in [1.807, 2.05) is 17.8 Å². The molecule has 0 unspecified atom stereocenters. The normalized spacial score (nSPS) is 11.8. The van der Waals surface area contributed by atoms with Gasteiger partial charge in [-0.25, -0.2) is 8.96 Å². The van der Waals surface area contributed by atoms with Crippen molar-refractivity contribution in [2.75, 3.05) is 0 Å². The van der Waals surface area contributed by atoms with E-state index in [1.54, 1.807) is 13.0 Å². The van der Waals surface area contributed by atoms with Gasteiger partial charge in [-0.2, -0.15) is 0 Å². The maximum absolute atomic E-state index is 14.0. The lowest BCUT2D eigenvalue weighted by atomic mass is 9.81. The number of halogens is 1. The minimum Gasteiger partial charge on any atom is -0.206 e. The van der Waals surface area contributed by atoms with Crippen molar-refractivity contribution < 1.29 is 8.96 Å². The van der Waals surface area contributed by atoms with Crippen molar-refractivity contribution in [3.63, 3.8) is 0 Å². The van der Waals surface area contributed by atoms with Gasteiger partial charge in [0.15, 0.2) is 6.20 Å². The molecule has 0 aliphatic heterocycles. The molecule has 0 amide bonds. The number of nitrogens with zero attached hydrogens (tertiary/aromatic N) is 1. The van der Waals surface area contributed by atoms with E-state index in [0.717, 1.165) is 11.3 Å². The minimum atomic E-state index is -0.152. The molecule has 112 valence electrons. The fraction of sp³-hybridized carbons (Fsp3) is 0.421. The van der Waals surface area contributed by atoms with Crippen LogP contribution in [0.3, 0.4) is 0 Å². The molecule has 0 radical (unpaired) electrons. The van der Waals surface area contributed by atoms with Crippen LogP contribution in [0.5, 0.6) is 0 Å². The van der Waals surface area contributed by atoms with Crippen molar-refractivity contribution in [1.29, 1.82) is 0 Å². The van der Waals surface area contributed by atoms with Crippen molar-refractivity contribution in [3.05, 3.63) is 52.5 Å². The van der Waals surface area contributed by atoms with Crippen LogP contribution < -0.4 is 4.57 Å². The van der Waals surface area contributed by atoms with Crippen LogP contribution in [0.4, 0.5) is 4.39 Å². The molecule has 1 aromatic carbocycles. The van der Waals surface area contributed by atoms with Gasteiger partial charge in [-0.1, -0.05) is 26.8 Å². The summed E-state index contributed by atoms with van der Waals surface area (Å²) in [6, 6.07) is 6.06. The molecular formula is C19H25FN+. The van der Waals surface area contributed by atoms with Crippen LogP contribution in [0, 0.1) is 26.6 Å². The largest absolute Gasteiger partial charge is 0.215 e. The Labute approximate surface area is 127 Å². The fourth-order valence-electron chi connectivity index (χ4n) is 2.96. The summed E-state index contributed by atoms with van der Waals surface area (Å²) in [7, 11) is 1.97. The number of rotatable bonds is 1. The molecule has 1 heterocycles. The molecule has 2 rings (SSSR count). The molecule has 2 aromatic rings. The van der Waals surface area contributed by atoms with Crippen LogP contribution in [0.2, 0.25) is 0 Å². The summed E-state index contributed by atoms with van der Waals surface area (Å²) in [6.45, 7) is 12.7. The summed E-state index contributed by atoms with van der Waals surface area (Å²) in [5.41, 5.74) is 6.55. The Morgan fingerprint density at radius 1 is 0.905 bits per heavy atom. The van der Waals surface area contributed by atoms with Gasteiger partial charge in [0.1, 0.15) is 12.9 Å². The van der Waals surface area contributed by atoms with Gasteiger partial charge in [-0.3, -0.25) is 0 Å². The third-order valence-electron chi connectivity index (χ3n) is 4.06. The highest BCUT2D eigenvalue weighted by Gasteiger charge is 2.22. The second kappa shape index (κ2) is 5.25. The number of hydrogen-bond acceptors (Lipinski definition) is 0. The molecule has 0 spiro atoms. The van der Waals surface area contributed by atoms with Crippen molar-refractivity contribution in [3.8, 4) is 11.3 Å². The van der Waals surface area contributed by atoms with E-state index in [9.17, 15) is 4.39 Å². The summed E-state index contributed by atoms with van der Waals surface area (Å²) in [4.78, 5) is 0. The monoisotopic (exact) mass is 286 g/mol. The highest BCUT2D eigenvalue weighted by molar-refractivity contribution is 5.64. The van der Waals surface area contributed by atoms with Gasteiger partial charge < -0.3 is 0 Å². The first-order chi connectivity index (χ1) is 9.61. The van der Waals surface area contributed by atoms with E-state index in [1.165, 1.54) is 16.7 Å². The zero-order valence-corrected chi connectivity index (χ0v) is 14.1. The molecule has 0 aliphatic rings. The summed E-state index contributed by atoms with van der Waals surface area (Å²) in [6.07, 6.45) is 1.85. The third kappa shape index (κ3) is 2.99. The lowest BCUT2D eigenvalue weighted by Gasteiger charge is -2.23. The molecule has 1 nitrogen and oxygen atoms in total. The van der Waals surface area contributed by atoms with Crippen LogP contribution in [-0.2, 0) is 12.5 Å². The number of benzene rings is 1. The van der Waals surface area contributed by atoms with Crippen LogP contribution in [0.15, 0.2) is 24.4 Å². The zero-order chi connectivity index (χ0) is 15.9. The Balaban J connectivity index is 2.73. The van der Waals surface area contributed by atoms with Gasteiger partial charge in [0.25, 0.3) is 0 Å². The Hall–Kier alpha value is -1.70. The van der Waals surface area contributed by atoms with Gasteiger partial charge in [-0.05, 0) is 48.9 Å². The Morgan fingerprint density at radius 2 is 1.52 bits per heavy atom. The molecule has 0 saturated carbocycles. The van der Waals surface area contributed by atoms with Crippen LogP contribution in [-0.4, -0.2) is 0 Å². The quantitative estimate of drug-likeness (QED) is 0.678. The molecule has 0 N–H and O–H groups in total. The van der Waals surface area contributed by atoms with Crippen LogP contribution in [0.1, 0.15) is 43.0 Å². The van der Waals surface area contributed by atoms with E-state index in [0.29, 0.717) is 5.56 Å². The second-order valence-corrected chi connectivity index (χ2v) is 7.03. The summed E-state index contributed by atoms with van der Waals surface area (Å²) < 4.78 is 16.0. The molecule has 0 atom stereocenters. The maximum atomic E-state index is 14.0. The van der Waals surface area contributed by atoms with E-state index in [2.05, 4.69) is 46.8 Å². The van der Waals surface area contributed by atoms with Gasteiger partial charge in [-0.15, -0.1) is 0 Å². The maximum Gasteiger partial charge on any atom is 0.215 e. The number of aryl methyl sites for hydroxylation is 4. The second-order valence-electron chi connectivity index (χ2n) is 7.03. The minimum absolute atomic E-state index is 0.0777. The topological polar surface area (TPSA) is 3.88 Å². The van der Waals surface area contributed by atoms with Gasteiger partial charge in [0.2, 0.25) is 5.69 Å². The Morgan fingerprint density at radius 3 is 2.10 bits per heavy atom. The predicted octanol–water partition coefficient (Wildman–Crippen LogP) is 4.54. The molecular weight excluding hydrogens is 261 g/mol. The molecule has 0 bridgehead atoms. The predicted molar refractivity (Wildman–Crippen MR) is 85.9 cm³/mol. The highest BCUT2D eigenvalue weighted by Crippen LogP contribution is 2.32. The van der Waals surface area contributed by atoms with E-state index in [4.69, 9.17) is 0 Å². The summed E-state index contributed by atoms with van der Waals surface area (Å²) in [5.74, 6) is -0.152. The smallest absolute Gasteiger partial charge is 0.206 e. The van der Waals surface area contributed by atoms with Crippen molar-refractivity contribution in [2.45, 2.75) is 47.0 Å². The fourth-order valence-corrected chi connectivity index (χ4v) is 2.96. The Kier molecular flexibility index (Phi) is 3.92. The first-order valence-electron chi connectivity index (χ1n) is 7.39. The molecule has 0 fully saturated rings. The third-order valence-corrected chi connectivity index (χ3v) is 4.06. The summed E-state index contributed by atoms with van der Waals surface area (Å²) in [5, 5.41) is 0. The number of pyridine rings is 1. The van der Waals surface area contributed by atoms with Crippen molar-refractivity contribution in [2.24, 2.45) is 7.05 Å². The first-order valence-corrected chi connectivity index (χ1v) is 7.39. The molecule has 21 heavy (non-hydrogen) atoms. The molecule has 0 saturated heterocycles. The van der Waals surface area contributed by atoms with Gasteiger partial charge in [0, 0.05) is 17.2 Å². The average molecular weight is 286 g/mol. The SMILES string of the molecule is Cc1c[n+](C)c(-c2cc(C(C)(C)C)c(C)cc2C)cc1F. The van der Waals surface area contributed by atoms with Crippen LogP contribution in [0.25, 0.3) is 11.3 Å². The zero-order valence-electron chi connectivity index (χ0n) is 14.1. The molecule has 1 aromatic heterocycles. The molecule has 0 aliphatic carbocycles. The highest BCUT2D eigenvalue weighted by atomic mass is 19.1. The lowest BCUT2D eigenvalue weighted by molar-refractivity contribution is -0.661. The standard InChI is InChI=1S/C19H25FN/c1-12-8-13(2)16(19(4,5)6)9-15(12)18-10-17(20)14(3)11-21(18)7/h8-11H,1-7H3/q+1. The molecule has 2 heteroatoms. The average Bonchev–Trinajstić information content (AvgIpc) is 2.33. The Bertz CT molecular complexity index is 694. The first kappa shape index (κ1) is 15.7. The number of aromatic nitrogens is 1. The van der Waals surface area contributed by atoms with Gasteiger partial charge >= 0.3 is 0 Å². The van der Waals surface area contributed by atoms with Crippen LogP contribution >= 0.6 is 0 Å². The lowest BCUT2D eigenvalue weighted by Crippen LogP contribution is -2.32. The van der Waals surface area contributed by atoms with E-state index < -0.39 is 0 Å². The van der Waals surface area contributed by atoms with Gasteiger partial charge in [0.05, 0.1) is 0 Å². The summed E-state index contributed by atoms with van der Waals surface area (Å²) >= 11 is 0.